The van der Waals surface area contributed by atoms with Crippen molar-refractivity contribution >= 4 is 0 Å². The number of halogens is 3. The van der Waals surface area contributed by atoms with E-state index in [0.29, 0.717) is 0 Å². The lowest BCUT2D eigenvalue weighted by atomic mass is 10.1. The van der Waals surface area contributed by atoms with Crippen LogP contribution in [0.15, 0.2) is 0 Å². The van der Waals surface area contributed by atoms with E-state index in [4.69, 9.17) is 0 Å². The Bertz CT molecular complexity index is 66.3. The molecule has 4 radical (unpaired) electrons. The van der Waals surface area contributed by atoms with Crippen molar-refractivity contribution in [3.8, 4) is 0 Å². The Hall–Kier alpha value is -0.250. The van der Waals surface area contributed by atoms with Crippen molar-refractivity contribution in [3.63, 3.8) is 0 Å². The third kappa shape index (κ3) is 1.69. The Morgan fingerprint density at radius 2 is 1.25 bits per heavy atom. The van der Waals surface area contributed by atoms with E-state index in [1.54, 1.807) is 0 Å². The van der Waals surface area contributed by atoms with Crippen molar-refractivity contribution < 1.29 is 13.2 Å². The van der Waals surface area contributed by atoms with Crippen LogP contribution in [-0.4, -0.2) is 11.7 Å². The van der Waals surface area contributed by atoms with Gasteiger partial charge in [-0.15, -0.1) is 0 Å². The summed E-state index contributed by atoms with van der Waals surface area (Å²) in [6.07, 6.45) is -4.73. The van der Waals surface area contributed by atoms with E-state index in [9.17, 15) is 13.2 Å². The van der Waals surface area contributed by atoms with Crippen molar-refractivity contribution in [1.29, 1.82) is 0 Å². The second-order valence-corrected chi connectivity index (χ2v) is 1.43. The fraction of sp³-hybridized carbons (Fsp3) is 0.500. The van der Waals surface area contributed by atoms with Crippen molar-refractivity contribution in [2.24, 2.45) is 5.73 Å². The van der Waals surface area contributed by atoms with E-state index in [2.05, 4.69) is 19.6 Å². The molecular formula is C4H4F3N. The molecule has 0 aromatic carbocycles. The summed E-state index contributed by atoms with van der Waals surface area (Å²) in [4.78, 5) is 0. The van der Waals surface area contributed by atoms with Crippen molar-refractivity contribution in [3.05, 3.63) is 13.8 Å². The maximum Gasteiger partial charge on any atom is 0.406 e. The van der Waals surface area contributed by atoms with Crippen molar-refractivity contribution in [2.75, 3.05) is 0 Å². The van der Waals surface area contributed by atoms with Crippen LogP contribution >= 0.6 is 0 Å². The molecule has 0 saturated heterocycles. The predicted octanol–water partition coefficient (Wildman–Crippen LogP) is 0.668. The first-order valence-corrected chi connectivity index (χ1v) is 1.68. The average Bonchev–Trinajstić information content (AvgIpc) is 1.25. The molecule has 4 heteroatoms. The Kier molecular flexibility index (Phi) is 1.57. The van der Waals surface area contributed by atoms with Crippen LogP contribution in [0.5, 0.6) is 0 Å². The van der Waals surface area contributed by atoms with E-state index in [0.717, 1.165) is 0 Å². The van der Waals surface area contributed by atoms with Gasteiger partial charge in [0.2, 0.25) is 0 Å². The predicted molar refractivity (Wildman–Crippen MR) is 21.6 cm³/mol. The molecule has 0 atom stereocenters. The normalized spacial score (nSPS) is 14.2. The zero-order valence-electron chi connectivity index (χ0n) is 3.87. The number of rotatable bonds is 0. The van der Waals surface area contributed by atoms with E-state index < -0.39 is 11.7 Å². The van der Waals surface area contributed by atoms with Crippen LogP contribution in [0.25, 0.3) is 0 Å². The molecule has 0 heterocycles. The molecule has 0 aromatic heterocycles. The average molecular weight is 123 g/mol. The molecule has 0 fully saturated rings. The van der Waals surface area contributed by atoms with Gasteiger partial charge in [-0.05, 0) is 13.8 Å². The third-order valence-electron chi connectivity index (χ3n) is 0.491. The van der Waals surface area contributed by atoms with Crippen LogP contribution in [0.4, 0.5) is 13.2 Å². The smallest absolute Gasteiger partial charge is 0.317 e. The van der Waals surface area contributed by atoms with Gasteiger partial charge in [-0.25, -0.2) is 0 Å². The van der Waals surface area contributed by atoms with E-state index in [1.165, 1.54) is 0 Å². The number of nitrogens with two attached hydrogens (primary N) is 1. The Morgan fingerprint density at radius 1 is 1.12 bits per heavy atom. The summed E-state index contributed by atoms with van der Waals surface area (Å²) < 4.78 is 33.6. The topological polar surface area (TPSA) is 26.0 Å². The first-order valence-electron chi connectivity index (χ1n) is 1.68. The summed E-state index contributed by atoms with van der Waals surface area (Å²) >= 11 is 0. The molecule has 8 heavy (non-hydrogen) atoms. The summed E-state index contributed by atoms with van der Waals surface area (Å²) in [5, 5.41) is 0. The van der Waals surface area contributed by atoms with Crippen LogP contribution in [0, 0.1) is 13.8 Å². The lowest BCUT2D eigenvalue weighted by Crippen LogP contribution is -2.48. The Morgan fingerprint density at radius 3 is 1.25 bits per heavy atom. The summed E-state index contributed by atoms with van der Waals surface area (Å²) in [6.45, 7) is 8.49. The quantitative estimate of drug-likeness (QED) is 0.503. The second kappa shape index (κ2) is 1.62. The van der Waals surface area contributed by atoms with E-state index >= 15 is 0 Å². The monoisotopic (exact) mass is 123 g/mol. The molecule has 0 rings (SSSR count). The van der Waals surface area contributed by atoms with Gasteiger partial charge in [0.1, 0.15) is 5.54 Å². The highest BCUT2D eigenvalue weighted by Gasteiger charge is 2.44. The molecule has 0 aliphatic rings. The largest absolute Gasteiger partial charge is 0.406 e. The fourth-order valence-corrected chi connectivity index (χ4v) is 0. The second-order valence-electron chi connectivity index (χ2n) is 1.43. The van der Waals surface area contributed by atoms with Crippen molar-refractivity contribution in [1.82, 2.24) is 0 Å². The van der Waals surface area contributed by atoms with Crippen LogP contribution < -0.4 is 5.73 Å². The molecule has 0 saturated carbocycles. The minimum absolute atomic E-state index is 3.06. The van der Waals surface area contributed by atoms with E-state index in [1.807, 2.05) is 0 Å². The van der Waals surface area contributed by atoms with Gasteiger partial charge in [-0.2, -0.15) is 13.2 Å². The van der Waals surface area contributed by atoms with Crippen LogP contribution in [0.1, 0.15) is 0 Å². The Balaban J connectivity index is 4.02. The molecule has 0 unspecified atom stereocenters. The van der Waals surface area contributed by atoms with Gasteiger partial charge < -0.3 is 5.73 Å². The number of alkyl halides is 3. The molecule has 2 N–H and O–H groups in total. The molecule has 0 spiro atoms. The van der Waals surface area contributed by atoms with Gasteiger partial charge >= 0.3 is 6.18 Å². The van der Waals surface area contributed by atoms with Gasteiger partial charge in [0.25, 0.3) is 0 Å². The highest BCUT2D eigenvalue weighted by atomic mass is 19.4. The van der Waals surface area contributed by atoms with Crippen molar-refractivity contribution in [2.45, 2.75) is 11.7 Å². The van der Waals surface area contributed by atoms with Gasteiger partial charge in [0.05, 0.1) is 0 Å². The summed E-state index contributed by atoms with van der Waals surface area (Å²) in [6, 6.07) is 0. The van der Waals surface area contributed by atoms with Gasteiger partial charge in [-0.3, -0.25) is 0 Å². The minimum Gasteiger partial charge on any atom is -0.317 e. The SMILES string of the molecule is [CH]C([CH])(N)C(F)(F)F. The minimum atomic E-state index is -4.73. The van der Waals surface area contributed by atoms with Crippen LogP contribution in [0.2, 0.25) is 0 Å². The van der Waals surface area contributed by atoms with Gasteiger partial charge in [-0.1, -0.05) is 0 Å². The van der Waals surface area contributed by atoms with Crippen LogP contribution in [-0.2, 0) is 0 Å². The molecular weight excluding hydrogens is 119 g/mol. The summed E-state index contributed by atoms with van der Waals surface area (Å²) in [5.74, 6) is 0. The van der Waals surface area contributed by atoms with Gasteiger partial charge in [0, 0.05) is 0 Å². The lowest BCUT2D eigenvalue weighted by Gasteiger charge is -2.20. The maximum absolute atomic E-state index is 11.2. The first-order chi connectivity index (χ1) is 3.25. The first kappa shape index (κ1) is 7.75. The molecule has 0 bridgehead atoms. The zero-order valence-corrected chi connectivity index (χ0v) is 3.87. The Labute approximate surface area is 45.7 Å². The number of hydrogen-bond acceptors (Lipinski definition) is 1. The molecule has 0 aliphatic heterocycles. The standard InChI is InChI=1S/C4H4F3N/c1-3(2,8)4(5,6)7/h1-2H,8H2. The third-order valence-corrected chi connectivity index (χ3v) is 0.491. The summed E-state index contributed by atoms with van der Waals surface area (Å²) in [5.41, 5.74) is 1.18. The highest BCUT2D eigenvalue weighted by Crippen LogP contribution is 2.25. The summed E-state index contributed by atoms with van der Waals surface area (Å²) in [7, 11) is 0. The number of hydrogen-bond donors (Lipinski definition) is 1. The molecule has 0 aromatic rings. The molecule has 0 amide bonds. The molecule has 46 valence electrons. The zero-order chi connectivity index (χ0) is 7.00. The van der Waals surface area contributed by atoms with Crippen LogP contribution in [0.3, 0.4) is 0 Å². The molecule has 0 aliphatic carbocycles. The van der Waals surface area contributed by atoms with Gasteiger partial charge in [0.15, 0.2) is 0 Å². The lowest BCUT2D eigenvalue weighted by molar-refractivity contribution is -0.160. The highest BCUT2D eigenvalue weighted by molar-refractivity contribution is 4.96. The molecule has 1 nitrogen and oxygen atoms in total. The maximum atomic E-state index is 11.2. The van der Waals surface area contributed by atoms with E-state index in [-0.39, 0.29) is 0 Å². The fourth-order valence-electron chi connectivity index (χ4n) is 0.